The molecule has 2 saturated heterocycles. The van der Waals surface area contributed by atoms with E-state index < -0.39 is 37.0 Å². The smallest absolute Gasteiger partial charge is 0.231 e. The third-order valence-corrected chi connectivity index (χ3v) is 6.74. The van der Waals surface area contributed by atoms with Gasteiger partial charge in [0.1, 0.15) is 18.3 Å². The zero-order valence-electron chi connectivity index (χ0n) is 19.9. The first kappa shape index (κ1) is 26.4. The molecule has 0 unspecified atom stereocenters. The first-order chi connectivity index (χ1) is 17.3. The Labute approximate surface area is 208 Å². The molecule has 0 amide bonds. The van der Waals surface area contributed by atoms with Gasteiger partial charge in [0, 0.05) is 12.5 Å². The van der Waals surface area contributed by atoms with Crippen molar-refractivity contribution >= 4 is 0 Å². The van der Waals surface area contributed by atoms with Crippen LogP contribution in [0.15, 0.2) is 36.4 Å². The molecule has 0 radical (unpaired) electrons. The lowest BCUT2D eigenvalue weighted by molar-refractivity contribution is -0.321. The van der Waals surface area contributed by atoms with Gasteiger partial charge in [-0.25, -0.2) is 0 Å². The van der Waals surface area contributed by atoms with Crippen LogP contribution in [0.1, 0.15) is 17.2 Å². The minimum atomic E-state index is -1.73. The average Bonchev–Trinajstić information content (AvgIpc) is 3.29. The molecule has 8 atom stereocenters. The van der Waals surface area contributed by atoms with E-state index in [1.54, 1.807) is 30.3 Å². The number of aromatic hydroxyl groups is 1. The number of aliphatic hydroxyl groups excluding tert-OH is 5. The molecule has 2 aromatic rings. The third-order valence-electron chi connectivity index (χ3n) is 6.74. The van der Waals surface area contributed by atoms with Crippen molar-refractivity contribution in [3.63, 3.8) is 0 Å². The molecule has 2 aliphatic rings. The summed E-state index contributed by atoms with van der Waals surface area (Å²) in [6, 6.07) is 10.1. The van der Waals surface area contributed by atoms with Crippen molar-refractivity contribution in [1.82, 2.24) is 0 Å². The highest BCUT2D eigenvalue weighted by Gasteiger charge is 2.45. The summed E-state index contributed by atoms with van der Waals surface area (Å²) in [5, 5.41) is 59.5. The molecule has 0 bridgehead atoms. The van der Waals surface area contributed by atoms with E-state index >= 15 is 0 Å². The monoisotopic (exact) mass is 508 g/mol. The number of rotatable bonds is 8. The second kappa shape index (κ2) is 11.2. The summed E-state index contributed by atoms with van der Waals surface area (Å²) in [5.41, 5.74) is 1.68. The summed E-state index contributed by atoms with van der Waals surface area (Å²) in [6.07, 6.45) is -7.92. The Morgan fingerprint density at radius 1 is 0.889 bits per heavy atom. The predicted molar refractivity (Wildman–Crippen MR) is 124 cm³/mol. The van der Waals surface area contributed by atoms with Crippen LogP contribution in [-0.4, -0.2) is 89.0 Å². The molecule has 0 aliphatic carbocycles. The van der Waals surface area contributed by atoms with Gasteiger partial charge in [0.05, 0.1) is 26.9 Å². The predicted octanol–water partition coefficient (Wildman–Crippen LogP) is 0.0843. The van der Waals surface area contributed by atoms with Gasteiger partial charge in [-0.15, -0.1) is 0 Å². The van der Waals surface area contributed by atoms with E-state index in [1.165, 1.54) is 14.2 Å². The van der Waals surface area contributed by atoms with Gasteiger partial charge in [0.15, 0.2) is 29.3 Å². The van der Waals surface area contributed by atoms with Crippen LogP contribution in [0.5, 0.6) is 23.0 Å². The Balaban J connectivity index is 1.49. The fraction of sp³-hybridized carbons (Fsp3) is 0.520. The molecule has 2 aromatic carbocycles. The van der Waals surface area contributed by atoms with E-state index in [-0.39, 0.29) is 35.7 Å². The second-order valence-electron chi connectivity index (χ2n) is 8.97. The van der Waals surface area contributed by atoms with E-state index in [1.807, 2.05) is 6.07 Å². The average molecular weight is 509 g/mol. The highest BCUT2D eigenvalue weighted by molar-refractivity contribution is 5.44. The van der Waals surface area contributed by atoms with Crippen molar-refractivity contribution in [2.75, 3.05) is 27.4 Å². The molecule has 198 valence electrons. The van der Waals surface area contributed by atoms with Crippen molar-refractivity contribution in [2.24, 2.45) is 11.8 Å². The summed E-state index contributed by atoms with van der Waals surface area (Å²) in [4.78, 5) is 0. The standard InChI is InChI=1S/C25H32O11/c1-32-18-8-12(3-5-16(18)27)7-14-11-34-23(15(14)10-26)13-4-6-17(19(9-13)33-2)35-25-22(30)20(28)21(29)24(31)36-25/h3-6,8-9,14-15,20-31H,7,10-11H2,1-2H3/t14-,15-,20-,21-,22+,23+,24-,25+/m0/s1. The maximum absolute atomic E-state index is 10.2. The number of aliphatic hydroxyl groups is 5. The van der Waals surface area contributed by atoms with E-state index in [9.17, 15) is 30.6 Å². The van der Waals surface area contributed by atoms with Gasteiger partial charge in [-0.05, 0) is 47.7 Å². The minimum Gasteiger partial charge on any atom is -0.504 e. The molecule has 2 heterocycles. The lowest BCUT2D eigenvalue weighted by Gasteiger charge is -2.38. The van der Waals surface area contributed by atoms with Crippen molar-refractivity contribution in [3.8, 4) is 23.0 Å². The SMILES string of the molecule is COc1cc(C[C@H]2CO[C@H](c3ccc(O[C@@H]4O[C@H](O)[C@@H](O)[C@H](O)[C@H]4O)c(OC)c3)[C@H]2CO)ccc1O. The van der Waals surface area contributed by atoms with Crippen LogP contribution >= 0.6 is 0 Å². The second-order valence-corrected chi connectivity index (χ2v) is 8.97. The topological polar surface area (TPSA) is 168 Å². The van der Waals surface area contributed by atoms with Crippen molar-refractivity contribution in [1.29, 1.82) is 0 Å². The maximum Gasteiger partial charge on any atom is 0.231 e. The highest BCUT2D eigenvalue weighted by Crippen LogP contribution is 2.43. The normalized spacial score (nSPS) is 32.3. The van der Waals surface area contributed by atoms with Gasteiger partial charge in [-0.2, -0.15) is 0 Å². The van der Waals surface area contributed by atoms with Crippen LogP contribution in [0.3, 0.4) is 0 Å². The molecule has 11 heteroatoms. The number of hydrogen-bond donors (Lipinski definition) is 6. The third kappa shape index (κ3) is 5.23. The van der Waals surface area contributed by atoms with Crippen LogP contribution in [0.2, 0.25) is 0 Å². The van der Waals surface area contributed by atoms with E-state index in [4.69, 9.17) is 23.7 Å². The largest absolute Gasteiger partial charge is 0.504 e. The molecular weight excluding hydrogens is 476 g/mol. The molecule has 0 saturated carbocycles. The van der Waals surface area contributed by atoms with Crippen LogP contribution in [-0.2, 0) is 15.9 Å². The lowest BCUT2D eigenvalue weighted by atomic mass is 9.84. The van der Waals surface area contributed by atoms with Crippen molar-refractivity contribution in [3.05, 3.63) is 47.5 Å². The van der Waals surface area contributed by atoms with Gasteiger partial charge in [-0.3, -0.25) is 0 Å². The fourth-order valence-corrected chi connectivity index (χ4v) is 4.68. The molecule has 0 aromatic heterocycles. The maximum atomic E-state index is 10.2. The molecule has 11 nitrogen and oxygen atoms in total. The number of phenolic OH excluding ortho intramolecular Hbond substituents is 1. The summed E-state index contributed by atoms with van der Waals surface area (Å²) < 4.78 is 27.4. The molecule has 2 aliphatic heterocycles. The molecule has 36 heavy (non-hydrogen) atoms. The number of ether oxygens (including phenoxy) is 5. The summed E-state index contributed by atoms with van der Waals surface area (Å²) in [5.74, 6) is 0.692. The van der Waals surface area contributed by atoms with E-state index in [0.29, 0.717) is 18.8 Å². The highest BCUT2D eigenvalue weighted by atomic mass is 16.7. The Morgan fingerprint density at radius 2 is 1.64 bits per heavy atom. The number of phenols is 1. The fourth-order valence-electron chi connectivity index (χ4n) is 4.68. The molecule has 0 spiro atoms. The Bertz CT molecular complexity index is 1030. The van der Waals surface area contributed by atoms with Gasteiger partial charge in [0.25, 0.3) is 0 Å². The van der Waals surface area contributed by atoms with Crippen LogP contribution < -0.4 is 14.2 Å². The van der Waals surface area contributed by atoms with Crippen molar-refractivity contribution in [2.45, 2.75) is 43.4 Å². The minimum absolute atomic E-state index is 0.0105. The quantitative estimate of drug-likeness (QED) is 0.286. The Morgan fingerprint density at radius 3 is 2.33 bits per heavy atom. The lowest BCUT2D eigenvalue weighted by Crippen LogP contribution is -2.59. The van der Waals surface area contributed by atoms with Crippen LogP contribution in [0.4, 0.5) is 0 Å². The first-order valence-corrected chi connectivity index (χ1v) is 11.6. The summed E-state index contributed by atoms with van der Waals surface area (Å²) in [6.45, 7) is 0.311. The number of hydrogen-bond acceptors (Lipinski definition) is 11. The van der Waals surface area contributed by atoms with Crippen LogP contribution in [0.25, 0.3) is 0 Å². The molecular formula is C25H32O11. The molecule has 6 N–H and O–H groups in total. The Hall–Kier alpha value is -2.64. The molecule has 4 rings (SSSR count). The zero-order valence-corrected chi connectivity index (χ0v) is 19.9. The first-order valence-electron chi connectivity index (χ1n) is 11.6. The Kier molecular flexibility index (Phi) is 8.20. The van der Waals surface area contributed by atoms with Crippen molar-refractivity contribution < 1.29 is 54.3 Å². The van der Waals surface area contributed by atoms with Gasteiger partial charge in [0.2, 0.25) is 6.29 Å². The van der Waals surface area contributed by atoms with E-state index in [2.05, 4.69) is 0 Å². The zero-order chi connectivity index (χ0) is 26.0. The van der Waals surface area contributed by atoms with E-state index in [0.717, 1.165) is 11.1 Å². The van der Waals surface area contributed by atoms with Crippen LogP contribution in [0, 0.1) is 11.8 Å². The number of benzene rings is 2. The van der Waals surface area contributed by atoms with Gasteiger partial charge >= 0.3 is 0 Å². The summed E-state index contributed by atoms with van der Waals surface area (Å²) in [7, 11) is 2.91. The number of methoxy groups -OCH3 is 2. The molecule has 2 fully saturated rings. The van der Waals surface area contributed by atoms with Gasteiger partial charge < -0.3 is 54.3 Å². The van der Waals surface area contributed by atoms with Gasteiger partial charge in [-0.1, -0.05) is 12.1 Å². The summed E-state index contributed by atoms with van der Waals surface area (Å²) >= 11 is 0.